The van der Waals surface area contributed by atoms with Gasteiger partial charge in [0, 0.05) is 24.3 Å². The van der Waals surface area contributed by atoms with Crippen LogP contribution in [0.1, 0.15) is 21.5 Å². The molecule has 2 aromatic heterocycles. The van der Waals surface area contributed by atoms with E-state index in [2.05, 4.69) is 9.97 Å². The second kappa shape index (κ2) is 5.64. The van der Waals surface area contributed by atoms with E-state index in [-0.39, 0.29) is 5.56 Å². The molecule has 4 nitrogen and oxygen atoms in total. The zero-order chi connectivity index (χ0) is 13.0. The van der Waals surface area contributed by atoms with Crippen molar-refractivity contribution < 1.29 is 9.90 Å². The van der Waals surface area contributed by atoms with Crippen molar-refractivity contribution in [3.05, 3.63) is 53.5 Å². The van der Waals surface area contributed by atoms with Gasteiger partial charge in [-0.05, 0) is 30.2 Å². The smallest absolute Gasteiger partial charge is 0.338 e. The summed E-state index contributed by atoms with van der Waals surface area (Å²) in [7, 11) is 0. The van der Waals surface area contributed by atoms with E-state index in [0.29, 0.717) is 10.8 Å². The molecule has 0 atom stereocenters. The van der Waals surface area contributed by atoms with Crippen LogP contribution >= 0.6 is 11.8 Å². The van der Waals surface area contributed by atoms with E-state index in [9.17, 15) is 4.79 Å². The minimum absolute atomic E-state index is 0.239. The van der Waals surface area contributed by atoms with Crippen molar-refractivity contribution in [3.63, 3.8) is 0 Å². The molecular weight excluding hydrogens is 248 g/mol. The second-order valence-electron chi connectivity index (χ2n) is 3.82. The van der Waals surface area contributed by atoms with Crippen LogP contribution in [0.25, 0.3) is 0 Å². The zero-order valence-corrected chi connectivity index (χ0v) is 10.6. The fourth-order valence-electron chi connectivity index (χ4n) is 1.52. The van der Waals surface area contributed by atoms with Crippen LogP contribution in [0.4, 0.5) is 0 Å². The number of aromatic nitrogens is 2. The summed E-state index contributed by atoms with van der Waals surface area (Å²) in [4.78, 5) is 19.2. The van der Waals surface area contributed by atoms with Crippen LogP contribution in [0.5, 0.6) is 0 Å². The summed E-state index contributed by atoms with van der Waals surface area (Å²) in [6.45, 7) is 1.98. The van der Waals surface area contributed by atoms with Crippen molar-refractivity contribution in [2.45, 2.75) is 17.7 Å². The summed E-state index contributed by atoms with van der Waals surface area (Å²) >= 11 is 1.41. The number of nitrogens with zero attached hydrogens (tertiary/aromatic N) is 2. The van der Waals surface area contributed by atoms with Crippen LogP contribution < -0.4 is 0 Å². The van der Waals surface area contributed by atoms with Crippen molar-refractivity contribution in [1.82, 2.24) is 9.97 Å². The molecule has 0 saturated carbocycles. The second-order valence-corrected chi connectivity index (χ2v) is 4.78. The third-order valence-electron chi connectivity index (χ3n) is 2.31. The summed E-state index contributed by atoms with van der Waals surface area (Å²) in [5.41, 5.74) is 2.39. The van der Waals surface area contributed by atoms with Gasteiger partial charge in [-0.2, -0.15) is 0 Å². The van der Waals surface area contributed by atoms with E-state index in [0.717, 1.165) is 11.1 Å². The van der Waals surface area contributed by atoms with Gasteiger partial charge >= 0.3 is 5.97 Å². The molecule has 0 spiro atoms. The van der Waals surface area contributed by atoms with Gasteiger partial charge < -0.3 is 5.11 Å². The van der Waals surface area contributed by atoms with E-state index in [1.54, 1.807) is 30.7 Å². The van der Waals surface area contributed by atoms with Gasteiger partial charge in [0.25, 0.3) is 0 Å². The van der Waals surface area contributed by atoms with E-state index < -0.39 is 5.97 Å². The Morgan fingerprint density at radius 3 is 3.00 bits per heavy atom. The van der Waals surface area contributed by atoms with Crippen molar-refractivity contribution in [1.29, 1.82) is 0 Å². The highest BCUT2D eigenvalue weighted by molar-refractivity contribution is 7.98. The lowest BCUT2D eigenvalue weighted by molar-refractivity contribution is 0.0692. The molecule has 1 N–H and O–H groups in total. The highest BCUT2D eigenvalue weighted by Crippen LogP contribution is 2.24. The minimum atomic E-state index is -0.951. The first-order valence-electron chi connectivity index (χ1n) is 5.38. The molecular formula is C13H12N2O2S. The van der Waals surface area contributed by atoms with Gasteiger partial charge in [0.1, 0.15) is 5.03 Å². The molecule has 18 heavy (non-hydrogen) atoms. The number of hydrogen-bond donors (Lipinski definition) is 1. The molecule has 92 valence electrons. The molecule has 5 heteroatoms. The summed E-state index contributed by atoms with van der Waals surface area (Å²) < 4.78 is 0. The molecule has 0 saturated heterocycles. The topological polar surface area (TPSA) is 63.1 Å². The molecule has 0 fully saturated rings. The lowest BCUT2D eigenvalue weighted by Gasteiger charge is -2.04. The van der Waals surface area contributed by atoms with Crippen molar-refractivity contribution in [2.75, 3.05) is 0 Å². The number of pyridine rings is 2. The third-order valence-corrected chi connectivity index (χ3v) is 3.39. The Kier molecular flexibility index (Phi) is 3.94. The van der Waals surface area contributed by atoms with Crippen molar-refractivity contribution >= 4 is 17.7 Å². The van der Waals surface area contributed by atoms with Crippen molar-refractivity contribution in [2.24, 2.45) is 0 Å². The highest BCUT2D eigenvalue weighted by atomic mass is 32.2. The number of aryl methyl sites for hydroxylation is 1. The van der Waals surface area contributed by atoms with Crippen LogP contribution in [0.3, 0.4) is 0 Å². The van der Waals surface area contributed by atoms with Gasteiger partial charge in [0.05, 0.1) is 5.56 Å². The molecule has 0 bridgehead atoms. The van der Waals surface area contributed by atoms with E-state index in [4.69, 9.17) is 5.11 Å². The van der Waals surface area contributed by atoms with Gasteiger partial charge in [-0.3, -0.25) is 4.98 Å². The van der Waals surface area contributed by atoms with Crippen molar-refractivity contribution in [3.8, 4) is 0 Å². The Morgan fingerprint density at radius 2 is 2.28 bits per heavy atom. The molecule has 0 radical (unpaired) electrons. The summed E-state index contributed by atoms with van der Waals surface area (Å²) in [5.74, 6) is -0.292. The fourth-order valence-corrected chi connectivity index (χ4v) is 2.42. The molecule has 0 aliphatic rings. The molecule has 2 heterocycles. The van der Waals surface area contributed by atoms with E-state index in [1.807, 2.05) is 13.0 Å². The largest absolute Gasteiger partial charge is 0.478 e. The number of rotatable bonds is 4. The summed E-state index contributed by atoms with van der Waals surface area (Å²) in [5, 5.41) is 9.58. The van der Waals surface area contributed by atoms with Crippen LogP contribution in [-0.2, 0) is 5.75 Å². The monoisotopic (exact) mass is 260 g/mol. The van der Waals surface area contributed by atoms with Gasteiger partial charge in [-0.25, -0.2) is 9.78 Å². The van der Waals surface area contributed by atoms with Crippen LogP contribution in [0.2, 0.25) is 0 Å². The van der Waals surface area contributed by atoms with E-state index in [1.165, 1.54) is 11.8 Å². The first kappa shape index (κ1) is 12.6. The number of aromatic carboxylic acids is 1. The number of carbonyl (C=O) groups is 1. The first-order chi connectivity index (χ1) is 8.66. The molecule has 0 unspecified atom stereocenters. The molecule has 2 rings (SSSR count). The SMILES string of the molecule is Cc1cncc(CSc2ncccc2C(=O)O)c1. The Bertz CT molecular complexity index is 572. The normalized spacial score (nSPS) is 10.3. The Labute approximate surface area is 109 Å². The molecule has 0 aliphatic carbocycles. The highest BCUT2D eigenvalue weighted by Gasteiger charge is 2.10. The van der Waals surface area contributed by atoms with E-state index >= 15 is 0 Å². The Morgan fingerprint density at radius 1 is 1.44 bits per heavy atom. The lowest BCUT2D eigenvalue weighted by Crippen LogP contribution is -2.00. The Hall–Kier alpha value is -1.88. The maximum absolute atomic E-state index is 11.0. The first-order valence-corrected chi connectivity index (χ1v) is 6.37. The average Bonchev–Trinajstić information content (AvgIpc) is 2.37. The molecule has 0 aromatic carbocycles. The fraction of sp³-hybridized carbons (Fsp3) is 0.154. The van der Waals surface area contributed by atoms with Gasteiger partial charge in [-0.1, -0.05) is 6.07 Å². The zero-order valence-electron chi connectivity index (χ0n) is 9.83. The maximum Gasteiger partial charge on any atom is 0.338 e. The quantitative estimate of drug-likeness (QED) is 0.856. The van der Waals surface area contributed by atoms with Gasteiger partial charge in [-0.15, -0.1) is 11.8 Å². The lowest BCUT2D eigenvalue weighted by atomic mass is 10.2. The summed E-state index contributed by atoms with van der Waals surface area (Å²) in [6.07, 6.45) is 5.17. The van der Waals surface area contributed by atoms with Crippen LogP contribution in [-0.4, -0.2) is 21.0 Å². The summed E-state index contributed by atoms with van der Waals surface area (Å²) in [6, 6.07) is 5.22. The molecule has 0 aliphatic heterocycles. The third kappa shape index (κ3) is 3.07. The predicted octanol–water partition coefficient (Wildman–Crippen LogP) is 2.78. The number of thioether (sulfide) groups is 1. The molecule has 2 aromatic rings. The van der Waals surface area contributed by atoms with Crippen LogP contribution in [0, 0.1) is 6.92 Å². The number of carboxylic acids is 1. The van der Waals surface area contributed by atoms with Gasteiger partial charge in [0.2, 0.25) is 0 Å². The Balaban J connectivity index is 2.13. The molecule has 0 amide bonds. The predicted molar refractivity (Wildman–Crippen MR) is 69.7 cm³/mol. The number of carboxylic acid groups (broad SMARTS) is 1. The van der Waals surface area contributed by atoms with Gasteiger partial charge in [0.15, 0.2) is 0 Å². The minimum Gasteiger partial charge on any atom is -0.478 e. The average molecular weight is 260 g/mol. The van der Waals surface area contributed by atoms with Crippen LogP contribution in [0.15, 0.2) is 41.8 Å². The standard InChI is InChI=1S/C13H12N2O2S/c1-9-5-10(7-14-6-9)8-18-12-11(13(16)17)3-2-4-15-12/h2-7H,8H2,1H3,(H,16,17). The number of hydrogen-bond acceptors (Lipinski definition) is 4. The maximum atomic E-state index is 11.0.